The molecule has 9 heteroatoms. The summed E-state index contributed by atoms with van der Waals surface area (Å²) >= 11 is 0. The first-order valence-electron chi connectivity index (χ1n) is 7.76. The fourth-order valence-corrected chi connectivity index (χ4v) is 2.48. The third-order valence-corrected chi connectivity index (χ3v) is 3.74. The topological polar surface area (TPSA) is 130 Å². The second-order valence-corrected chi connectivity index (χ2v) is 5.39. The molecule has 1 aliphatic rings. The zero-order valence-corrected chi connectivity index (χ0v) is 13.0. The Bertz CT molecular complexity index is 526. The van der Waals surface area contributed by atoms with E-state index in [1.54, 1.807) is 6.07 Å². The molecule has 0 amide bonds. The lowest BCUT2D eigenvalue weighted by molar-refractivity contribution is -0.385. The minimum atomic E-state index is -0.473. The molecular formula is C14H23N7O2. The number of hydrogen-bond donors (Lipinski definition) is 4. The maximum atomic E-state index is 10.5. The zero-order chi connectivity index (χ0) is 16.5. The van der Waals surface area contributed by atoms with E-state index >= 15 is 0 Å². The van der Waals surface area contributed by atoms with Gasteiger partial charge in [-0.2, -0.15) is 0 Å². The van der Waals surface area contributed by atoms with Crippen LogP contribution >= 0.6 is 0 Å². The quantitative estimate of drug-likeness (QED) is 0.139. The molecular weight excluding hydrogens is 298 g/mol. The number of nitrogens with one attached hydrogen (secondary N) is 3. The Balaban J connectivity index is 1.69. The Hall–Kier alpha value is -2.26. The maximum absolute atomic E-state index is 10.5. The Morgan fingerprint density at radius 3 is 3.04 bits per heavy atom. The fourth-order valence-electron chi connectivity index (χ4n) is 2.48. The van der Waals surface area contributed by atoms with Crippen molar-refractivity contribution >= 4 is 17.3 Å². The summed E-state index contributed by atoms with van der Waals surface area (Å²) in [5.41, 5.74) is 2.62. The summed E-state index contributed by atoms with van der Waals surface area (Å²) in [6.45, 7) is 2.23. The number of nitro groups is 1. The lowest BCUT2D eigenvalue weighted by Crippen LogP contribution is -2.32. The summed E-state index contributed by atoms with van der Waals surface area (Å²) in [5, 5.41) is 17.1. The number of pyridine rings is 1. The highest BCUT2D eigenvalue weighted by atomic mass is 16.6. The van der Waals surface area contributed by atoms with E-state index in [2.05, 4.69) is 26.0 Å². The minimum Gasteiger partial charge on any atom is -0.368 e. The van der Waals surface area contributed by atoms with Crippen molar-refractivity contribution in [3.8, 4) is 0 Å². The second-order valence-electron chi connectivity index (χ2n) is 5.39. The van der Waals surface area contributed by atoms with Crippen LogP contribution in [-0.2, 0) is 0 Å². The van der Waals surface area contributed by atoms with Crippen LogP contribution < -0.4 is 21.9 Å². The summed E-state index contributed by atoms with van der Waals surface area (Å²) in [7, 11) is 0. The van der Waals surface area contributed by atoms with E-state index in [0.717, 1.165) is 25.2 Å². The van der Waals surface area contributed by atoms with Crippen LogP contribution in [0.25, 0.3) is 0 Å². The van der Waals surface area contributed by atoms with Gasteiger partial charge in [-0.1, -0.05) is 0 Å². The van der Waals surface area contributed by atoms with Crippen LogP contribution in [0.5, 0.6) is 0 Å². The normalized spacial score (nSPS) is 18.0. The highest BCUT2D eigenvalue weighted by Crippen LogP contribution is 2.12. The van der Waals surface area contributed by atoms with Crippen LogP contribution in [0.15, 0.2) is 23.3 Å². The molecule has 1 atom stereocenters. The van der Waals surface area contributed by atoms with Gasteiger partial charge in [0, 0.05) is 25.1 Å². The van der Waals surface area contributed by atoms with Crippen LogP contribution in [0.1, 0.15) is 25.7 Å². The molecule has 9 nitrogen and oxygen atoms in total. The number of nitrogens with zero attached hydrogens (tertiary/aromatic N) is 3. The number of aliphatic imine (C=N–C) groups is 1. The first-order chi connectivity index (χ1) is 11.2. The number of nitrogens with two attached hydrogens (primary N) is 1. The lowest BCUT2D eigenvalue weighted by Gasteiger charge is -2.11. The zero-order valence-electron chi connectivity index (χ0n) is 13.0. The molecule has 1 aliphatic heterocycles. The first-order valence-corrected chi connectivity index (χ1v) is 7.76. The standard InChI is InChI=1S/C14H23N7O2/c15-20-14(5-3-11-2-1-7-16-11)18-9-8-17-13-6-4-12(10-19-13)21(22)23/h4,6,10-11,16H,1-3,5,7-9,15H2,(H,17,19)(H,18,20). The van der Waals surface area contributed by atoms with Gasteiger partial charge in [0.1, 0.15) is 17.9 Å². The summed E-state index contributed by atoms with van der Waals surface area (Å²) in [6, 6.07) is 3.56. The van der Waals surface area contributed by atoms with Crippen LogP contribution in [0.4, 0.5) is 11.5 Å². The van der Waals surface area contributed by atoms with Crippen LogP contribution in [-0.4, -0.2) is 41.4 Å². The van der Waals surface area contributed by atoms with E-state index in [4.69, 9.17) is 5.84 Å². The summed E-state index contributed by atoms with van der Waals surface area (Å²) in [5.74, 6) is 6.87. The van der Waals surface area contributed by atoms with E-state index in [1.165, 1.54) is 25.1 Å². The molecule has 1 fully saturated rings. The molecule has 0 bridgehead atoms. The molecule has 5 N–H and O–H groups in total. The van der Waals surface area contributed by atoms with E-state index < -0.39 is 4.92 Å². The van der Waals surface area contributed by atoms with E-state index in [0.29, 0.717) is 24.9 Å². The van der Waals surface area contributed by atoms with Crippen molar-refractivity contribution in [1.29, 1.82) is 0 Å². The lowest BCUT2D eigenvalue weighted by atomic mass is 10.1. The van der Waals surface area contributed by atoms with Gasteiger partial charge in [-0.3, -0.25) is 15.1 Å². The summed E-state index contributed by atoms with van der Waals surface area (Å²) < 4.78 is 0. The number of amidine groups is 1. The highest BCUT2D eigenvalue weighted by Gasteiger charge is 2.14. The third kappa shape index (κ3) is 5.80. The minimum absolute atomic E-state index is 0.0243. The van der Waals surface area contributed by atoms with Gasteiger partial charge in [0.25, 0.3) is 5.69 Å². The molecule has 2 heterocycles. The summed E-state index contributed by atoms with van der Waals surface area (Å²) in [6.07, 6.45) is 5.53. The smallest absolute Gasteiger partial charge is 0.287 e. The van der Waals surface area contributed by atoms with Gasteiger partial charge in [-0.05, 0) is 31.9 Å². The molecule has 0 aromatic carbocycles. The SMILES string of the molecule is NNC(CCC1CCCN1)=NCCNc1ccc([N+](=O)[O-])cn1. The number of rotatable bonds is 8. The Labute approximate surface area is 134 Å². The fraction of sp³-hybridized carbons (Fsp3) is 0.571. The van der Waals surface area contributed by atoms with Crippen LogP contribution in [0, 0.1) is 10.1 Å². The van der Waals surface area contributed by atoms with E-state index in [-0.39, 0.29) is 5.69 Å². The molecule has 1 aromatic heterocycles. The molecule has 0 radical (unpaired) electrons. The van der Waals surface area contributed by atoms with Gasteiger partial charge >= 0.3 is 0 Å². The molecule has 1 saturated heterocycles. The Kier molecular flexibility index (Phi) is 6.70. The van der Waals surface area contributed by atoms with Gasteiger partial charge < -0.3 is 16.1 Å². The molecule has 0 saturated carbocycles. The number of hydrazine groups is 1. The van der Waals surface area contributed by atoms with Gasteiger partial charge in [0.2, 0.25) is 0 Å². The van der Waals surface area contributed by atoms with Gasteiger partial charge in [0.15, 0.2) is 0 Å². The molecule has 1 unspecified atom stereocenters. The van der Waals surface area contributed by atoms with Crippen molar-refractivity contribution in [2.24, 2.45) is 10.8 Å². The largest absolute Gasteiger partial charge is 0.368 e. The molecule has 2 rings (SSSR count). The third-order valence-electron chi connectivity index (χ3n) is 3.74. The van der Waals surface area contributed by atoms with Crippen molar-refractivity contribution in [3.63, 3.8) is 0 Å². The van der Waals surface area contributed by atoms with Crippen molar-refractivity contribution in [3.05, 3.63) is 28.4 Å². The van der Waals surface area contributed by atoms with Crippen molar-refractivity contribution in [1.82, 2.24) is 15.7 Å². The first kappa shape index (κ1) is 17.1. The average molecular weight is 321 g/mol. The van der Waals surface area contributed by atoms with Crippen molar-refractivity contribution in [2.45, 2.75) is 31.7 Å². The van der Waals surface area contributed by atoms with Crippen LogP contribution in [0.3, 0.4) is 0 Å². The molecule has 0 aliphatic carbocycles. The molecule has 126 valence electrons. The van der Waals surface area contributed by atoms with Crippen LogP contribution in [0.2, 0.25) is 0 Å². The number of anilines is 1. The predicted molar refractivity (Wildman–Crippen MR) is 89.3 cm³/mol. The molecule has 23 heavy (non-hydrogen) atoms. The average Bonchev–Trinajstić information content (AvgIpc) is 3.08. The Morgan fingerprint density at radius 1 is 1.57 bits per heavy atom. The van der Waals surface area contributed by atoms with Gasteiger partial charge in [-0.15, -0.1) is 0 Å². The molecule has 0 spiro atoms. The molecule has 1 aromatic rings. The van der Waals surface area contributed by atoms with Crippen molar-refractivity contribution < 1.29 is 4.92 Å². The number of hydrogen-bond acceptors (Lipinski definition) is 7. The van der Waals surface area contributed by atoms with Gasteiger partial charge in [0.05, 0.1) is 11.5 Å². The van der Waals surface area contributed by atoms with Gasteiger partial charge in [-0.25, -0.2) is 10.8 Å². The highest BCUT2D eigenvalue weighted by molar-refractivity contribution is 5.81. The maximum Gasteiger partial charge on any atom is 0.287 e. The monoisotopic (exact) mass is 321 g/mol. The Morgan fingerprint density at radius 2 is 2.43 bits per heavy atom. The second kappa shape index (κ2) is 9.01. The van der Waals surface area contributed by atoms with Crippen molar-refractivity contribution in [2.75, 3.05) is 25.0 Å². The number of aromatic nitrogens is 1. The van der Waals surface area contributed by atoms with E-state index in [1.807, 2.05) is 0 Å². The summed E-state index contributed by atoms with van der Waals surface area (Å²) in [4.78, 5) is 18.5. The van der Waals surface area contributed by atoms with E-state index in [9.17, 15) is 10.1 Å². The predicted octanol–water partition coefficient (Wildman–Crippen LogP) is 0.796.